The number of thiazole rings is 1. The van der Waals surface area contributed by atoms with Gasteiger partial charge in [-0.1, -0.05) is 5.16 Å². The molecule has 3 N–H and O–H groups in total. The molecule has 5 rings (SSSR count). The van der Waals surface area contributed by atoms with Crippen LogP contribution in [0.4, 0.5) is 5.13 Å². The van der Waals surface area contributed by atoms with E-state index in [1.165, 1.54) is 30.6 Å². The standard InChI is InChI=1S/C15H19N3O3S/c16-14-17-11(7-22-14)12(13(19)20)18-21-15-4-8-1-9(5-15)3-10(2-8)6-15/h7-10H,1-6H2,(H2,16,17)(H,19,20). The van der Waals surface area contributed by atoms with Gasteiger partial charge in [0.15, 0.2) is 5.13 Å². The van der Waals surface area contributed by atoms with Gasteiger partial charge in [0.1, 0.15) is 11.3 Å². The molecule has 0 amide bonds. The van der Waals surface area contributed by atoms with Gasteiger partial charge in [0.2, 0.25) is 5.71 Å². The number of carboxylic acids is 1. The highest BCUT2D eigenvalue weighted by Gasteiger charge is 2.53. The molecule has 0 aliphatic heterocycles. The zero-order valence-electron chi connectivity index (χ0n) is 12.2. The zero-order valence-corrected chi connectivity index (χ0v) is 13.0. The van der Waals surface area contributed by atoms with E-state index in [-0.39, 0.29) is 17.0 Å². The van der Waals surface area contributed by atoms with E-state index in [0.717, 1.165) is 37.0 Å². The topological polar surface area (TPSA) is 97.8 Å². The van der Waals surface area contributed by atoms with E-state index in [1.807, 2.05) is 0 Å². The van der Waals surface area contributed by atoms with Gasteiger partial charge in [0, 0.05) is 5.38 Å². The maximum atomic E-state index is 11.4. The minimum atomic E-state index is -1.13. The van der Waals surface area contributed by atoms with E-state index < -0.39 is 5.97 Å². The summed E-state index contributed by atoms with van der Waals surface area (Å²) in [5.41, 5.74) is 5.45. The highest BCUT2D eigenvalue weighted by Crippen LogP contribution is 2.57. The number of nitrogen functional groups attached to an aromatic ring is 1. The molecule has 0 atom stereocenters. The van der Waals surface area contributed by atoms with E-state index in [0.29, 0.717) is 5.13 Å². The number of aromatic nitrogens is 1. The van der Waals surface area contributed by atoms with Gasteiger partial charge in [-0.05, 0) is 56.3 Å². The number of nitrogens with zero attached hydrogens (tertiary/aromatic N) is 2. The molecule has 7 heteroatoms. The molecule has 0 aromatic carbocycles. The van der Waals surface area contributed by atoms with Crippen LogP contribution in [0.5, 0.6) is 0 Å². The van der Waals surface area contributed by atoms with Crippen molar-refractivity contribution < 1.29 is 14.7 Å². The third-order valence-corrected chi connectivity index (χ3v) is 5.95. The molecule has 1 aromatic heterocycles. The van der Waals surface area contributed by atoms with Gasteiger partial charge in [-0.3, -0.25) is 0 Å². The number of oxime groups is 1. The van der Waals surface area contributed by atoms with Crippen LogP contribution >= 0.6 is 11.3 Å². The Hall–Kier alpha value is -1.63. The van der Waals surface area contributed by atoms with Gasteiger partial charge < -0.3 is 15.7 Å². The Bertz CT molecular complexity index is 604. The molecule has 4 bridgehead atoms. The fourth-order valence-electron chi connectivity index (χ4n) is 4.88. The zero-order chi connectivity index (χ0) is 15.3. The van der Waals surface area contributed by atoms with Crippen molar-refractivity contribution in [2.75, 3.05) is 5.73 Å². The Morgan fingerprint density at radius 1 is 1.32 bits per heavy atom. The third kappa shape index (κ3) is 2.37. The normalized spacial score (nSPS) is 36.5. The van der Waals surface area contributed by atoms with Crippen LogP contribution in [-0.2, 0) is 9.63 Å². The summed E-state index contributed by atoms with van der Waals surface area (Å²) in [5.74, 6) is 1.05. The molecule has 0 unspecified atom stereocenters. The Labute approximate surface area is 132 Å². The van der Waals surface area contributed by atoms with Crippen LogP contribution in [-0.4, -0.2) is 27.4 Å². The van der Waals surface area contributed by atoms with Crippen LogP contribution in [0.1, 0.15) is 44.2 Å². The number of hydrogen-bond donors (Lipinski definition) is 2. The van der Waals surface area contributed by atoms with Crippen LogP contribution in [0, 0.1) is 17.8 Å². The van der Waals surface area contributed by atoms with Gasteiger partial charge in [-0.2, -0.15) is 0 Å². The second-order valence-electron chi connectivity index (χ2n) is 7.01. The number of nitrogens with two attached hydrogens (primary N) is 1. The number of aliphatic carboxylic acids is 1. The van der Waals surface area contributed by atoms with E-state index in [2.05, 4.69) is 10.1 Å². The average Bonchev–Trinajstić information content (AvgIpc) is 2.83. The first-order valence-corrected chi connectivity index (χ1v) is 8.62. The van der Waals surface area contributed by atoms with Crippen LogP contribution in [0.2, 0.25) is 0 Å². The molecule has 118 valence electrons. The maximum Gasteiger partial charge on any atom is 0.360 e. The van der Waals surface area contributed by atoms with Crippen LogP contribution < -0.4 is 5.73 Å². The molecule has 4 fully saturated rings. The van der Waals surface area contributed by atoms with Gasteiger partial charge >= 0.3 is 5.97 Å². The minimum Gasteiger partial charge on any atom is -0.476 e. The second-order valence-corrected chi connectivity index (χ2v) is 7.90. The Balaban J connectivity index is 1.58. The monoisotopic (exact) mass is 321 g/mol. The van der Waals surface area contributed by atoms with Gasteiger partial charge in [0.25, 0.3) is 0 Å². The Morgan fingerprint density at radius 3 is 2.36 bits per heavy atom. The molecule has 4 aliphatic carbocycles. The van der Waals surface area contributed by atoms with E-state index in [1.54, 1.807) is 5.38 Å². The molecule has 0 radical (unpaired) electrons. The summed E-state index contributed by atoms with van der Waals surface area (Å²) in [6.07, 6.45) is 6.94. The molecule has 0 saturated heterocycles. The van der Waals surface area contributed by atoms with Crippen molar-refractivity contribution in [2.45, 2.75) is 44.1 Å². The highest BCUT2D eigenvalue weighted by molar-refractivity contribution is 7.13. The van der Waals surface area contributed by atoms with E-state index in [4.69, 9.17) is 10.6 Å². The third-order valence-electron chi connectivity index (χ3n) is 5.28. The van der Waals surface area contributed by atoms with Gasteiger partial charge in [0.05, 0.1) is 0 Å². The molecule has 1 aromatic rings. The summed E-state index contributed by atoms with van der Waals surface area (Å²) >= 11 is 1.20. The number of hydrogen-bond acceptors (Lipinski definition) is 6. The molecule has 4 saturated carbocycles. The molecular formula is C15H19N3O3S. The highest BCUT2D eigenvalue weighted by atomic mass is 32.1. The van der Waals surface area contributed by atoms with Crippen molar-refractivity contribution in [3.63, 3.8) is 0 Å². The number of carboxylic acid groups (broad SMARTS) is 1. The summed E-state index contributed by atoms with van der Waals surface area (Å²) in [5, 5.41) is 15.3. The first kappa shape index (κ1) is 14.0. The summed E-state index contributed by atoms with van der Waals surface area (Å²) in [4.78, 5) is 21.3. The van der Waals surface area contributed by atoms with Crippen molar-refractivity contribution >= 4 is 28.1 Å². The van der Waals surface area contributed by atoms with Crippen LogP contribution in [0.15, 0.2) is 10.5 Å². The van der Waals surface area contributed by atoms with Crippen molar-refractivity contribution in [1.29, 1.82) is 0 Å². The average molecular weight is 321 g/mol. The minimum absolute atomic E-state index is 0.149. The summed E-state index contributed by atoms with van der Waals surface area (Å²) in [6.45, 7) is 0. The van der Waals surface area contributed by atoms with Crippen molar-refractivity contribution in [3.8, 4) is 0 Å². The van der Waals surface area contributed by atoms with Crippen LogP contribution in [0.25, 0.3) is 0 Å². The number of anilines is 1. The smallest absolute Gasteiger partial charge is 0.360 e. The predicted octanol–water partition coefficient (Wildman–Crippen LogP) is 2.50. The van der Waals surface area contributed by atoms with Crippen molar-refractivity contribution in [3.05, 3.63) is 11.1 Å². The molecule has 4 aliphatic rings. The summed E-state index contributed by atoms with van der Waals surface area (Å²) in [6, 6.07) is 0. The lowest BCUT2D eigenvalue weighted by molar-refractivity contribution is -0.162. The number of carbonyl (C=O) groups is 1. The molecule has 22 heavy (non-hydrogen) atoms. The number of rotatable bonds is 4. The molecule has 6 nitrogen and oxygen atoms in total. The van der Waals surface area contributed by atoms with Crippen molar-refractivity contribution in [2.24, 2.45) is 22.9 Å². The molecule has 1 heterocycles. The van der Waals surface area contributed by atoms with Crippen LogP contribution in [0.3, 0.4) is 0 Å². The van der Waals surface area contributed by atoms with Crippen molar-refractivity contribution in [1.82, 2.24) is 4.98 Å². The molecule has 0 spiro atoms. The Morgan fingerprint density at radius 2 is 1.91 bits per heavy atom. The second kappa shape index (κ2) is 4.94. The lowest BCUT2D eigenvalue weighted by Gasteiger charge is -2.54. The first-order valence-electron chi connectivity index (χ1n) is 7.74. The largest absolute Gasteiger partial charge is 0.476 e. The predicted molar refractivity (Wildman–Crippen MR) is 82.7 cm³/mol. The first-order chi connectivity index (χ1) is 10.5. The quantitative estimate of drug-likeness (QED) is 0.656. The van der Waals surface area contributed by atoms with E-state index >= 15 is 0 Å². The van der Waals surface area contributed by atoms with Gasteiger partial charge in [-0.25, -0.2) is 9.78 Å². The summed E-state index contributed by atoms with van der Waals surface area (Å²) in [7, 11) is 0. The summed E-state index contributed by atoms with van der Waals surface area (Å²) < 4.78 is 0. The van der Waals surface area contributed by atoms with E-state index in [9.17, 15) is 9.90 Å². The van der Waals surface area contributed by atoms with Gasteiger partial charge in [-0.15, -0.1) is 11.3 Å². The lowest BCUT2D eigenvalue weighted by atomic mass is 9.54. The lowest BCUT2D eigenvalue weighted by Crippen LogP contribution is -2.51. The maximum absolute atomic E-state index is 11.4. The fraction of sp³-hybridized carbons (Fsp3) is 0.667. The Kier molecular flexibility index (Phi) is 3.14. The SMILES string of the molecule is Nc1nc(C(=NOC23CC4CC(CC(C4)C2)C3)C(=O)O)cs1. The fourth-order valence-corrected chi connectivity index (χ4v) is 5.42. The molecular weight excluding hydrogens is 302 g/mol.